The SMILES string of the molecule is CC.C[B]C#CCOC1CCN(CC2CCC(C)CC2)CC1. The van der Waals surface area contributed by atoms with Crippen LogP contribution in [0.4, 0.5) is 0 Å². The van der Waals surface area contributed by atoms with Crippen LogP contribution in [0.15, 0.2) is 0 Å². The van der Waals surface area contributed by atoms with Crippen LogP contribution in [0, 0.1) is 23.6 Å². The minimum atomic E-state index is 0.434. The van der Waals surface area contributed by atoms with Gasteiger partial charge in [-0.15, -0.1) is 0 Å². The fourth-order valence-corrected chi connectivity index (χ4v) is 3.44. The third kappa shape index (κ3) is 7.70. The molecule has 2 fully saturated rings. The zero-order valence-corrected chi connectivity index (χ0v) is 15.2. The van der Waals surface area contributed by atoms with Crippen molar-refractivity contribution in [3.8, 4) is 11.7 Å². The molecule has 2 rings (SSSR count). The monoisotopic (exact) mass is 304 g/mol. The fraction of sp³-hybridized carbons (Fsp3) is 0.895. The Morgan fingerprint density at radius 2 is 1.68 bits per heavy atom. The van der Waals surface area contributed by atoms with Crippen molar-refractivity contribution in [2.24, 2.45) is 11.8 Å². The number of rotatable bonds is 4. The maximum Gasteiger partial charge on any atom is 0.212 e. The van der Waals surface area contributed by atoms with Crippen molar-refractivity contribution in [2.45, 2.75) is 72.2 Å². The Kier molecular flexibility index (Phi) is 10.7. The van der Waals surface area contributed by atoms with E-state index in [2.05, 4.69) is 23.6 Å². The predicted octanol–water partition coefficient (Wildman–Crippen LogP) is 4.03. The van der Waals surface area contributed by atoms with Gasteiger partial charge in [-0.3, -0.25) is 0 Å². The van der Waals surface area contributed by atoms with Crippen LogP contribution in [0.2, 0.25) is 6.82 Å². The summed E-state index contributed by atoms with van der Waals surface area (Å²) >= 11 is 0. The molecule has 1 aliphatic heterocycles. The average Bonchev–Trinajstić information content (AvgIpc) is 2.57. The summed E-state index contributed by atoms with van der Waals surface area (Å²) in [6, 6.07) is 0. The van der Waals surface area contributed by atoms with Gasteiger partial charge in [0, 0.05) is 19.6 Å². The quantitative estimate of drug-likeness (QED) is 0.574. The van der Waals surface area contributed by atoms with Crippen LogP contribution in [-0.4, -0.2) is 44.5 Å². The molecule has 3 heteroatoms. The summed E-state index contributed by atoms with van der Waals surface area (Å²) in [5, 5.41) is 0. The molecule has 1 saturated heterocycles. The van der Waals surface area contributed by atoms with Gasteiger partial charge in [-0.05, 0) is 37.5 Å². The molecule has 125 valence electrons. The highest BCUT2D eigenvalue weighted by atomic mass is 16.5. The molecule has 1 saturated carbocycles. The molecule has 0 bridgehead atoms. The molecule has 2 nitrogen and oxygen atoms in total. The smallest absolute Gasteiger partial charge is 0.212 e. The predicted molar refractivity (Wildman–Crippen MR) is 97.3 cm³/mol. The lowest BCUT2D eigenvalue weighted by Crippen LogP contribution is -2.40. The van der Waals surface area contributed by atoms with Crippen molar-refractivity contribution in [2.75, 3.05) is 26.2 Å². The highest BCUT2D eigenvalue weighted by molar-refractivity contribution is 6.44. The number of ether oxygens (including phenoxy) is 1. The van der Waals surface area contributed by atoms with E-state index in [1.807, 2.05) is 28.0 Å². The molecule has 2 aliphatic rings. The van der Waals surface area contributed by atoms with E-state index in [0.717, 1.165) is 11.8 Å². The number of nitrogens with zero attached hydrogens (tertiary/aromatic N) is 1. The van der Waals surface area contributed by atoms with Gasteiger partial charge in [-0.2, -0.15) is 5.82 Å². The van der Waals surface area contributed by atoms with Gasteiger partial charge in [0.15, 0.2) is 0 Å². The Balaban J connectivity index is 0.00000116. The molecule has 0 aromatic carbocycles. The Hall–Kier alpha value is -0.455. The van der Waals surface area contributed by atoms with Crippen molar-refractivity contribution >= 4 is 7.28 Å². The lowest BCUT2D eigenvalue weighted by molar-refractivity contribution is 0.0188. The summed E-state index contributed by atoms with van der Waals surface area (Å²) in [7, 11) is 1.87. The van der Waals surface area contributed by atoms with Gasteiger partial charge in [0.1, 0.15) is 6.61 Å². The molecule has 1 aliphatic carbocycles. The van der Waals surface area contributed by atoms with Crippen LogP contribution < -0.4 is 0 Å². The molecule has 0 N–H and O–H groups in total. The lowest BCUT2D eigenvalue weighted by Gasteiger charge is -2.36. The van der Waals surface area contributed by atoms with Crippen molar-refractivity contribution < 1.29 is 4.74 Å². The Morgan fingerprint density at radius 3 is 2.27 bits per heavy atom. The molecule has 0 amide bonds. The van der Waals surface area contributed by atoms with Crippen LogP contribution in [-0.2, 0) is 4.74 Å². The van der Waals surface area contributed by atoms with Gasteiger partial charge < -0.3 is 9.64 Å². The van der Waals surface area contributed by atoms with E-state index in [9.17, 15) is 0 Å². The van der Waals surface area contributed by atoms with E-state index in [1.165, 1.54) is 58.2 Å². The zero-order valence-electron chi connectivity index (χ0n) is 15.2. The van der Waals surface area contributed by atoms with Gasteiger partial charge in [-0.1, -0.05) is 46.4 Å². The van der Waals surface area contributed by atoms with E-state index in [0.29, 0.717) is 12.7 Å². The molecule has 22 heavy (non-hydrogen) atoms. The minimum absolute atomic E-state index is 0.434. The van der Waals surface area contributed by atoms with Gasteiger partial charge in [0.05, 0.1) is 6.10 Å². The van der Waals surface area contributed by atoms with E-state index in [1.54, 1.807) is 0 Å². The van der Waals surface area contributed by atoms with Crippen LogP contribution in [0.1, 0.15) is 59.3 Å². The van der Waals surface area contributed by atoms with E-state index < -0.39 is 0 Å². The number of piperidine rings is 1. The van der Waals surface area contributed by atoms with Crippen molar-refractivity contribution in [3.05, 3.63) is 0 Å². The second-order valence-electron chi connectivity index (χ2n) is 6.55. The third-order valence-corrected chi connectivity index (χ3v) is 4.82. The second kappa shape index (κ2) is 12.0. The molecule has 1 radical (unpaired) electrons. The maximum absolute atomic E-state index is 5.82. The summed E-state index contributed by atoms with van der Waals surface area (Å²) in [6.45, 7) is 12.7. The van der Waals surface area contributed by atoms with Crippen molar-refractivity contribution in [3.63, 3.8) is 0 Å². The summed E-state index contributed by atoms with van der Waals surface area (Å²) in [4.78, 5) is 2.66. The van der Waals surface area contributed by atoms with Gasteiger partial charge in [-0.25, -0.2) is 0 Å². The first kappa shape index (κ1) is 19.6. The number of hydrogen-bond donors (Lipinski definition) is 0. The molecule has 1 heterocycles. The van der Waals surface area contributed by atoms with Crippen LogP contribution in [0.3, 0.4) is 0 Å². The first-order valence-electron chi connectivity index (χ1n) is 9.38. The van der Waals surface area contributed by atoms with E-state index in [4.69, 9.17) is 4.74 Å². The maximum atomic E-state index is 5.82. The molecule has 0 unspecified atom stereocenters. The van der Waals surface area contributed by atoms with Crippen LogP contribution >= 0.6 is 0 Å². The first-order valence-corrected chi connectivity index (χ1v) is 9.38. The Bertz CT molecular complexity index is 320. The van der Waals surface area contributed by atoms with E-state index >= 15 is 0 Å². The van der Waals surface area contributed by atoms with E-state index in [-0.39, 0.29) is 0 Å². The Morgan fingerprint density at radius 1 is 1.05 bits per heavy atom. The Labute approximate surface area is 139 Å². The molecule has 0 aromatic heterocycles. The highest BCUT2D eigenvalue weighted by Gasteiger charge is 2.24. The summed E-state index contributed by atoms with van der Waals surface area (Å²) in [5.74, 6) is 7.88. The number of hydrogen-bond acceptors (Lipinski definition) is 2. The largest absolute Gasteiger partial charge is 0.365 e. The molecular weight excluding hydrogens is 269 g/mol. The first-order chi connectivity index (χ1) is 10.8. The molecule has 0 aromatic rings. The highest BCUT2D eigenvalue weighted by Crippen LogP contribution is 2.29. The van der Waals surface area contributed by atoms with Crippen molar-refractivity contribution in [1.82, 2.24) is 4.90 Å². The third-order valence-electron chi connectivity index (χ3n) is 4.82. The topological polar surface area (TPSA) is 12.5 Å². The minimum Gasteiger partial charge on any atom is -0.365 e. The average molecular weight is 304 g/mol. The lowest BCUT2D eigenvalue weighted by atomic mass is 9.82. The normalized spacial score (nSPS) is 26.4. The standard InChI is InChI=1S/C17H29BNO.C2H6/c1-15-4-6-16(7-5-15)14-19-11-8-17(9-12-19)20-13-3-10-18-2;1-2/h15-17H,4-9,11-14H2,1-2H3;1-2H3. The zero-order chi connectivity index (χ0) is 16.2. The summed E-state index contributed by atoms with van der Waals surface area (Å²) in [6.07, 6.45) is 8.57. The van der Waals surface area contributed by atoms with Crippen LogP contribution in [0.5, 0.6) is 0 Å². The van der Waals surface area contributed by atoms with Gasteiger partial charge in [0.2, 0.25) is 7.28 Å². The van der Waals surface area contributed by atoms with Gasteiger partial charge >= 0.3 is 0 Å². The molecule has 0 atom stereocenters. The number of likely N-dealkylation sites (tertiary alicyclic amines) is 1. The van der Waals surface area contributed by atoms with Gasteiger partial charge in [0.25, 0.3) is 0 Å². The summed E-state index contributed by atoms with van der Waals surface area (Å²) in [5.41, 5.74) is 0. The fourth-order valence-electron chi connectivity index (χ4n) is 3.44. The van der Waals surface area contributed by atoms with Crippen molar-refractivity contribution in [1.29, 1.82) is 0 Å². The molecule has 0 spiro atoms. The second-order valence-corrected chi connectivity index (χ2v) is 6.55. The molecular formula is C19H35BNO. The summed E-state index contributed by atoms with van der Waals surface area (Å²) < 4.78 is 5.82. The van der Waals surface area contributed by atoms with Crippen LogP contribution in [0.25, 0.3) is 0 Å².